The summed E-state index contributed by atoms with van der Waals surface area (Å²) >= 11 is 19.9. The standard InChI is InChI=1S/C29H30Br4O5S4/c1-15(2)28(35)39-9-7-37-17(5)41-26-21(30)11-19(12-22(26)31)25(34)20-13-23(32)27(24(33)14-20)42-18(6)38-8-10-40-29(36)16(3)4/h11-14,17-18H,1,3,7-10H2,2,4-6H3. The van der Waals surface area contributed by atoms with Gasteiger partial charge in [-0.15, -0.1) is 0 Å². The predicted molar refractivity (Wildman–Crippen MR) is 194 cm³/mol. The summed E-state index contributed by atoms with van der Waals surface area (Å²) in [5, 5.41) is -0.0553. The molecule has 2 unspecified atom stereocenters. The van der Waals surface area contributed by atoms with E-state index in [0.29, 0.717) is 47.0 Å². The highest BCUT2D eigenvalue weighted by atomic mass is 79.9. The number of carbonyl (C=O) groups excluding carboxylic acids is 3. The van der Waals surface area contributed by atoms with Crippen LogP contribution in [0.2, 0.25) is 0 Å². The lowest BCUT2D eigenvalue weighted by Gasteiger charge is -2.17. The maximum atomic E-state index is 13.5. The molecular formula is C29H30Br4O5S4. The van der Waals surface area contributed by atoms with Gasteiger partial charge in [-0.1, -0.05) is 60.2 Å². The van der Waals surface area contributed by atoms with Gasteiger partial charge in [0.1, 0.15) is 10.9 Å². The van der Waals surface area contributed by atoms with E-state index in [1.54, 1.807) is 38.1 Å². The van der Waals surface area contributed by atoms with Crippen molar-refractivity contribution in [3.8, 4) is 0 Å². The molecule has 0 aliphatic rings. The van der Waals surface area contributed by atoms with E-state index in [0.717, 1.165) is 27.7 Å². The van der Waals surface area contributed by atoms with E-state index in [1.165, 1.54) is 47.0 Å². The lowest BCUT2D eigenvalue weighted by atomic mass is 10.0. The molecule has 0 heterocycles. The number of hydrogen-bond donors (Lipinski definition) is 0. The number of thioether (sulfide) groups is 4. The molecule has 0 fully saturated rings. The zero-order valence-corrected chi connectivity index (χ0v) is 33.0. The molecule has 0 aromatic heterocycles. The molecule has 228 valence electrons. The summed E-state index contributed by atoms with van der Waals surface area (Å²) in [6, 6.07) is 7.22. The van der Waals surface area contributed by atoms with Gasteiger partial charge in [-0.3, -0.25) is 14.4 Å². The molecule has 0 radical (unpaired) electrons. The second-order valence-electron chi connectivity index (χ2n) is 8.81. The van der Waals surface area contributed by atoms with E-state index in [9.17, 15) is 14.4 Å². The first-order valence-corrected chi connectivity index (χ1v) is 19.4. The Balaban J connectivity index is 2.02. The molecule has 0 saturated carbocycles. The Morgan fingerprint density at radius 3 is 1.29 bits per heavy atom. The lowest BCUT2D eigenvalue weighted by Crippen LogP contribution is -2.09. The van der Waals surface area contributed by atoms with Crippen LogP contribution in [0, 0.1) is 0 Å². The number of ketones is 1. The maximum Gasteiger partial charge on any atom is 0.214 e. The number of hydrogen-bond acceptors (Lipinski definition) is 9. The minimum Gasteiger partial charge on any atom is -0.367 e. The van der Waals surface area contributed by atoms with E-state index in [4.69, 9.17) is 9.47 Å². The summed E-state index contributed by atoms with van der Waals surface area (Å²) in [7, 11) is 0. The van der Waals surface area contributed by atoms with Crippen LogP contribution in [0.3, 0.4) is 0 Å². The molecule has 0 saturated heterocycles. The summed E-state index contributed by atoms with van der Waals surface area (Å²) in [6.07, 6.45) is 0. The Morgan fingerprint density at radius 2 is 1.00 bits per heavy atom. The van der Waals surface area contributed by atoms with E-state index < -0.39 is 0 Å². The third-order valence-corrected chi connectivity index (χ3v) is 12.9. The summed E-state index contributed by atoms with van der Waals surface area (Å²) in [6.45, 7) is 15.5. The van der Waals surface area contributed by atoms with Gasteiger partial charge in [-0.05, 0) is 127 Å². The van der Waals surface area contributed by atoms with Crippen LogP contribution in [0.25, 0.3) is 0 Å². The molecule has 0 N–H and O–H groups in total. The van der Waals surface area contributed by atoms with Gasteiger partial charge in [0.25, 0.3) is 0 Å². The van der Waals surface area contributed by atoms with Gasteiger partial charge in [-0.2, -0.15) is 0 Å². The molecule has 2 aromatic carbocycles. The Kier molecular flexibility index (Phi) is 17.3. The van der Waals surface area contributed by atoms with Crippen molar-refractivity contribution in [1.29, 1.82) is 0 Å². The van der Waals surface area contributed by atoms with E-state index in [1.807, 2.05) is 13.8 Å². The fraction of sp³-hybridized carbons (Fsp3) is 0.345. The van der Waals surface area contributed by atoms with Crippen LogP contribution in [0.5, 0.6) is 0 Å². The molecule has 0 aliphatic heterocycles. The topological polar surface area (TPSA) is 69.7 Å². The van der Waals surface area contributed by atoms with Crippen molar-refractivity contribution in [2.75, 3.05) is 24.7 Å². The Bertz CT molecular complexity index is 1210. The second-order valence-corrected chi connectivity index (χ2v) is 17.0. The molecule has 0 bridgehead atoms. The van der Waals surface area contributed by atoms with Crippen LogP contribution >= 0.6 is 111 Å². The van der Waals surface area contributed by atoms with Crippen molar-refractivity contribution in [2.24, 2.45) is 0 Å². The van der Waals surface area contributed by atoms with Crippen LogP contribution in [0.15, 0.2) is 76.3 Å². The molecule has 0 spiro atoms. The van der Waals surface area contributed by atoms with Gasteiger partial charge < -0.3 is 9.47 Å². The first kappa shape index (κ1) is 38.4. The fourth-order valence-electron chi connectivity index (χ4n) is 3.12. The fourth-order valence-corrected chi connectivity index (χ4v) is 9.51. The molecule has 2 rings (SSSR count). The van der Waals surface area contributed by atoms with Gasteiger partial charge in [0.05, 0.1) is 13.2 Å². The van der Waals surface area contributed by atoms with Gasteiger partial charge in [0.2, 0.25) is 10.2 Å². The van der Waals surface area contributed by atoms with Crippen LogP contribution in [-0.4, -0.2) is 51.6 Å². The Hall–Kier alpha value is 0.170. The zero-order chi connectivity index (χ0) is 31.6. The number of ether oxygens (including phenoxy) is 2. The molecule has 0 amide bonds. The first-order valence-electron chi connectivity index (χ1n) is 12.5. The van der Waals surface area contributed by atoms with E-state index in [2.05, 4.69) is 76.9 Å². The van der Waals surface area contributed by atoms with Crippen molar-refractivity contribution in [1.82, 2.24) is 0 Å². The number of halogens is 4. The van der Waals surface area contributed by atoms with Crippen molar-refractivity contribution in [3.05, 3.63) is 77.6 Å². The zero-order valence-electron chi connectivity index (χ0n) is 23.4. The normalized spacial score (nSPS) is 12.6. The van der Waals surface area contributed by atoms with Crippen molar-refractivity contribution in [3.63, 3.8) is 0 Å². The third-order valence-electron chi connectivity index (χ3n) is 5.12. The van der Waals surface area contributed by atoms with Crippen LogP contribution in [-0.2, 0) is 19.1 Å². The molecule has 2 aromatic rings. The first-order chi connectivity index (χ1) is 19.7. The Morgan fingerprint density at radius 1 is 0.690 bits per heavy atom. The summed E-state index contributed by atoms with van der Waals surface area (Å²) in [5.41, 5.74) is 1.78. The summed E-state index contributed by atoms with van der Waals surface area (Å²) in [4.78, 5) is 38.6. The highest BCUT2D eigenvalue weighted by Crippen LogP contribution is 2.41. The number of carbonyl (C=O) groups is 3. The van der Waals surface area contributed by atoms with Gasteiger partial charge >= 0.3 is 0 Å². The largest absolute Gasteiger partial charge is 0.367 e. The van der Waals surface area contributed by atoms with Crippen LogP contribution in [0.4, 0.5) is 0 Å². The highest BCUT2D eigenvalue weighted by Gasteiger charge is 2.20. The summed E-state index contributed by atoms with van der Waals surface area (Å²) < 4.78 is 14.8. The SMILES string of the molecule is C=C(C)C(=O)SCCOC(C)Sc1c(Br)cc(C(=O)c2cc(Br)c(SC(C)OCCSC(=O)C(=C)C)c(Br)c2)cc1Br. The maximum absolute atomic E-state index is 13.5. The summed E-state index contributed by atoms with van der Waals surface area (Å²) in [5.74, 6) is 0.980. The lowest BCUT2D eigenvalue weighted by molar-refractivity contribution is -0.108. The van der Waals surface area contributed by atoms with E-state index >= 15 is 0 Å². The second kappa shape index (κ2) is 19.0. The molecule has 13 heteroatoms. The molecule has 0 aliphatic carbocycles. The van der Waals surface area contributed by atoms with Crippen LogP contribution in [0.1, 0.15) is 43.6 Å². The van der Waals surface area contributed by atoms with Crippen molar-refractivity contribution < 1.29 is 23.9 Å². The van der Waals surface area contributed by atoms with Crippen molar-refractivity contribution in [2.45, 2.75) is 48.4 Å². The average Bonchev–Trinajstić information content (AvgIpc) is 2.91. The monoisotopic (exact) mass is 902 g/mol. The Labute approximate surface area is 298 Å². The van der Waals surface area contributed by atoms with E-state index in [-0.39, 0.29) is 26.9 Å². The minimum absolute atomic E-state index is 0.0276. The van der Waals surface area contributed by atoms with Crippen LogP contribution < -0.4 is 0 Å². The van der Waals surface area contributed by atoms with Gasteiger partial charge in [0.15, 0.2) is 5.78 Å². The van der Waals surface area contributed by atoms with Gasteiger partial charge in [-0.25, -0.2) is 0 Å². The molecule has 2 atom stereocenters. The molecule has 42 heavy (non-hydrogen) atoms. The number of benzene rings is 2. The quantitative estimate of drug-likeness (QED) is 0.0539. The predicted octanol–water partition coefficient (Wildman–Crippen LogP) is 10.5. The number of rotatable bonds is 16. The average molecular weight is 906 g/mol. The van der Waals surface area contributed by atoms with Crippen molar-refractivity contribution >= 4 is 127 Å². The third kappa shape index (κ3) is 12.5. The minimum atomic E-state index is -0.166. The molecular weight excluding hydrogens is 876 g/mol. The molecule has 5 nitrogen and oxygen atoms in total. The smallest absolute Gasteiger partial charge is 0.214 e. The van der Waals surface area contributed by atoms with Gasteiger partial charge in [0, 0.05) is 50.3 Å². The highest BCUT2D eigenvalue weighted by molar-refractivity contribution is 9.11.